The van der Waals surface area contributed by atoms with E-state index in [1.807, 2.05) is 11.6 Å². The van der Waals surface area contributed by atoms with E-state index in [2.05, 4.69) is 73.7 Å². The molecule has 128 valence electrons. The van der Waals surface area contributed by atoms with Crippen molar-refractivity contribution >= 4 is 36.7 Å². The first-order valence-electron chi connectivity index (χ1n) is 8.14. The molecule has 0 fully saturated rings. The maximum Gasteiger partial charge on any atom is 0.0297 e. The SMILES string of the molecule is CCC(C)P(SNP(=S)(C(C)CC)C(C)(C)C)C(C)(C)C. The third-order valence-corrected chi connectivity index (χ3v) is 19.3. The van der Waals surface area contributed by atoms with E-state index in [9.17, 15) is 0 Å². The van der Waals surface area contributed by atoms with Crippen LogP contribution in [0.4, 0.5) is 0 Å². The Morgan fingerprint density at radius 3 is 1.81 bits per heavy atom. The molecule has 0 aromatic heterocycles. The Balaban J connectivity index is 5.25. The second-order valence-corrected chi connectivity index (χ2v) is 18.8. The molecule has 0 heterocycles. The van der Waals surface area contributed by atoms with Gasteiger partial charge in [0.2, 0.25) is 0 Å². The van der Waals surface area contributed by atoms with Crippen molar-refractivity contribution in [3.63, 3.8) is 0 Å². The van der Waals surface area contributed by atoms with Gasteiger partial charge in [-0.25, -0.2) is 4.49 Å². The number of hydrogen-bond donors (Lipinski definition) is 1. The molecule has 1 N–H and O–H groups in total. The third kappa shape index (κ3) is 6.07. The first kappa shape index (κ1) is 22.4. The molecule has 0 bridgehead atoms. The van der Waals surface area contributed by atoms with E-state index in [4.69, 9.17) is 11.8 Å². The van der Waals surface area contributed by atoms with Crippen molar-refractivity contribution in [2.45, 2.75) is 104 Å². The topological polar surface area (TPSA) is 12.0 Å². The van der Waals surface area contributed by atoms with Crippen LogP contribution in [0.15, 0.2) is 0 Å². The van der Waals surface area contributed by atoms with E-state index in [1.54, 1.807) is 0 Å². The maximum atomic E-state index is 6.21. The fourth-order valence-electron chi connectivity index (χ4n) is 2.30. The highest BCUT2D eigenvalue weighted by atomic mass is 32.7. The minimum Gasteiger partial charge on any atom is -0.229 e. The van der Waals surface area contributed by atoms with Gasteiger partial charge in [0.25, 0.3) is 0 Å². The van der Waals surface area contributed by atoms with Crippen molar-refractivity contribution in [3.8, 4) is 0 Å². The summed E-state index contributed by atoms with van der Waals surface area (Å²) >= 11 is 8.21. The van der Waals surface area contributed by atoms with Gasteiger partial charge in [-0.1, -0.05) is 81.0 Å². The maximum absolute atomic E-state index is 6.21. The lowest BCUT2D eigenvalue weighted by molar-refractivity contribution is 0.746. The van der Waals surface area contributed by atoms with E-state index in [0.717, 1.165) is 5.66 Å². The van der Waals surface area contributed by atoms with Gasteiger partial charge in [0.1, 0.15) is 0 Å². The monoisotopic (exact) mass is 369 g/mol. The highest BCUT2D eigenvalue weighted by molar-refractivity contribution is 8.57. The summed E-state index contributed by atoms with van der Waals surface area (Å²) in [6, 6.07) is 0. The largest absolute Gasteiger partial charge is 0.229 e. The summed E-state index contributed by atoms with van der Waals surface area (Å²) in [6.07, 6.45) is 0.810. The summed E-state index contributed by atoms with van der Waals surface area (Å²) in [4.78, 5) is 0. The van der Waals surface area contributed by atoms with Gasteiger partial charge >= 0.3 is 0 Å². The summed E-state index contributed by atoms with van der Waals surface area (Å²) in [7, 11) is -0.138. The van der Waals surface area contributed by atoms with Crippen molar-refractivity contribution in [3.05, 3.63) is 0 Å². The molecule has 0 aliphatic rings. The average molecular weight is 370 g/mol. The predicted molar refractivity (Wildman–Crippen MR) is 111 cm³/mol. The number of nitrogens with one attached hydrogen (secondary N) is 1. The van der Waals surface area contributed by atoms with Crippen molar-refractivity contribution in [2.75, 3.05) is 0 Å². The van der Waals surface area contributed by atoms with Crippen molar-refractivity contribution in [2.24, 2.45) is 0 Å². The second kappa shape index (κ2) is 8.48. The van der Waals surface area contributed by atoms with E-state index >= 15 is 0 Å². The molecule has 0 aromatic carbocycles. The number of rotatable bonds is 7. The van der Waals surface area contributed by atoms with E-state index < -0.39 is 6.19 Å². The molecule has 0 rings (SSSR count). The minimum absolute atomic E-state index is 0.138. The fourth-order valence-corrected chi connectivity index (χ4v) is 13.9. The smallest absolute Gasteiger partial charge is 0.0297 e. The zero-order valence-electron chi connectivity index (χ0n) is 15.8. The van der Waals surface area contributed by atoms with Gasteiger partial charge in [0.05, 0.1) is 0 Å². The summed E-state index contributed by atoms with van der Waals surface area (Å²) in [5, 5.41) is 0.537. The first-order chi connectivity index (χ1) is 9.31. The quantitative estimate of drug-likeness (QED) is 0.376. The molecule has 4 atom stereocenters. The molecule has 0 saturated heterocycles. The standard InChI is InChI=1S/C16H37NP2S2/c1-11-13(3)18(15(5,6)7)21-17-19(20,14(4)12-2)16(8,9)10/h13-14H,11-12H2,1-10H3,(H,17,20). The van der Waals surface area contributed by atoms with E-state index in [1.165, 1.54) is 12.8 Å². The van der Waals surface area contributed by atoms with Crippen LogP contribution in [0.2, 0.25) is 0 Å². The lowest BCUT2D eigenvalue weighted by Gasteiger charge is -2.43. The van der Waals surface area contributed by atoms with Gasteiger partial charge in [0, 0.05) is 11.3 Å². The van der Waals surface area contributed by atoms with Crippen LogP contribution >= 0.6 is 24.9 Å². The molecule has 0 saturated carbocycles. The lowest BCUT2D eigenvalue weighted by Crippen LogP contribution is -2.29. The van der Waals surface area contributed by atoms with Crippen LogP contribution in [0.3, 0.4) is 0 Å². The zero-order chi connectivity index (χ0) is 17.1. The summed E-state index contributed by atoms with van der Waals surface area (Å²) in [6.45, 7) is 23.4. The van der Waals surface area contributed by atoms with Gasteiger partial charge < -0.3 is 0 Å². The van der Waals surface area contributed by atoms with Gasteiger partial charge in [-0.3, -0.25) is 0 Å². The van der Waals surface area contributed by atoms with Gasteiger partial charge in [-0.05, 0) is 48.0 Å². The van der Waals surface area contributed by atoms with Gasteiger partial charge in [-0.2, -0.15) is 0 Å². The van der Waals surface area contributed by atoms with Crippen LogP contribution in [0.25, 0.3) is 0 Å². The molecule has 1 nitrogen and oxygen atoms in total. The molecular weight excluding hydrogens is 332 g/mol. The van der Waals surface area contributed by atoms with Crippen LogP contribution in [0.1, 0.15) is 82.1 Å². The Morgan fingerprint density at radius 2 is 1.52 bits per heavy atom. The lowest BCUT2D eigenvalue weighted by atomic mass is 10.3. The highest BCUT2D eigenvalue weighted by Crippen LogP contribution is 2.69. The Labute approximate surface area is 144 Å². The van der Waals surface area contributed by atoms with Crippen LogP contribution in [-0.4, -0.2) is 21.6 Å². The summed E-state index contributed by atoms with van der Waals surface area (Å²) in [5.41, 5.74) is 1.35. The normalized spacial score (nSPS) is 20.7. The fraction of sp³-hybridized carbons (Fsp3) is 1.00. The number of hydrogen-bond acceptors (Lipinski definition) is 2. The molecular formula is C16H37NP2S2. The van der Waals surface area contributed by atoms with Crippen LogP contribution in [0, 0.1) is 0 Å². The molecule has 0 aromatic rings. The summed E-state index contributed by atoms with van der Waals surface area (Å²) in [5.74, 6) is 0. The van der Waals surface area contributed by atoms with Crippen molar-refractivity contribution < 1.29 is 0 Å². The van der Waals surface area contributed by atoms with Crippen LogP contribution in [0.5, 0.6) is 0 Å². The van der Waals surface area contributed by atoms with Crippen molar-refractivity contribution in [1.82, 2.24) is 4.49 Å². The predicted octanol–water partition coefficient (Wildman–Crippen LogP) is 7.21. The third-order valence-electron chi connectivity index (χ3n) is 4.14. The average Bonchev–Trinajstić information content (AvgIpc) is 2.34. The van der Waals surface area contributed by atoms with Gasteiger partial charge in [-0.15, -0.1) is 0 Å². The highest BCUT2D eigenvalue weighted by Gasteiger charge is 2.38. The Bertz CT molecular complexity index is 358. The Hall–Kier alpha value is 1.39. The summed E-state index contributed by atoms with van der Waals surface area (Å²) < 4.78 is 3.88. The molecule has 0 spiro atoms. The first-order valence-corrected chi connectivity index (χ1v) is 13.8. The molecule has 21 heavy (non-hydrogen) atoms. The molecule has 0 aliphatic carbocycles. The molecule has 4 unspecified atom stereocenters. The minimum atomic E-state index is -1.61. The molecule has 0 radical (unpaired) electrons. The molecule has 0 aliphatic heterocycles. The Kier molecular flexibility index (Phi) is 9.04. The second-order valence-electron chi connectivity index (χ2n) is 8.02. The van der Waals surface area contributed by atoms with Gasteiger partial charge in [0.15, 0.2) is 0 Å². The molecule has 5 heteroatoms. The van der Waals surface area contributed by atoms with Crippen LogP contribution < -0.4 is 4.49 Å². The Morgan fingerprint density at radius 1 is 1.05 bits per heavy atom. The van der Waals surface area contributed by atoms with Crippen LogP contribution in [-0.2, 0) is 11.8 Å². The van der Waals surface area contributed by atoms with E-state index in [0.29, 0.717) is 10.8 Å². The van der Waals surface area contributed by atoms with Crippen molar-refractivity contribution in [1.29, 1.82) is 0 Å². The van der Waals surface area contributed by atoms with E-state index in [-0.39, 0.29) is 12.3 Å². The zero-order valence-corrected chi connectivity index (χ0v) is 19.2. The molecule has 0 amide bonds.